The standard InChI is InChI=1S/C10H8ClF5O/c11-7(4-17-5-10(14,15)16)6-1-2-8(12)9(13)3-6/h1-3,7H,4-5H2. The summed E-state index contributed by atoms with van der Waals surface area (Å²) in [6.07, 6.45) is -4.44. The number of halogens is 6. The van der Waals surface area contributed by atoms with Gasteiger partial charge in [-0.25, -0.2) is 8.78 Å². The Morgan fingerprint density at radius 1 is 1.18 bits per heavy atom. The average molecular weight is 275 g/mol. The van der Waals surface area contributed by atoms with Crippen LogP contribution >= 0.6 is 11.6 Å². The number of alkyl halides is 4. The van der Waals surface area contributed by atoms with Crippen LogP contribution in [0.3, 0.4) is 0 Å². The highest BCUT2D eigenvalue weighted by Crippen LogP contribution is 2.23. The molecule has 17 heavy (non-hydrogen) atoms. The van der Waals surface area contributed by atoms with E-state index in [1.165, 1.54) is 6.07 Å². The Balaban J connectivity index is 2.52. The Labute approximate surface area is 99.1 Å². The third-order valence-corrected chi connectivity index (χ3v) is 2.21. The molecule has 1 nitrogen and oxygen atoms in total. The summed E-state index contributed by atoms with van der Waals surface area (Å²) in [7, 11) is 0. The predicted octanol–water partition coefficient (Wildman–Crippen LogP) is 3.82. The fourth-order valence-corrected chi connectivity index (χ4v) is 1.31. The van der Waals surface area contributed by atoms with E-state index in [0.717, 1.165) is 12.1 Å². The molecule has 1 atom stereocenters. The molecule has 0 bridgehead atoms. The van der Waals surface area contributed by atoms with Crippen molar-refractivity contribution in [2.75, 3.05) is 13.2 Å². The molecule has 0 aromatic heterocycles. The van der Waals surface area contributed by atoms with E-state index in [-0.39, 0.29) is 5.56 Å². The van der Waals surface area contributed by atoms with Crippen molar-refractivity contribution in [1.82, 2.24) is 0 Å². The molecule has 0 spiro atoms. The normalized spacial score (nSPS) is 13.8. The summed E-state index contributed by atoms with van der Waals surface area (Å²) in [5.41, 5.74) is 0.160. The van der Waals surface area contributed by atoms with Crippen LogP contribution in [0.1, 0.15) is 10.9 Å². The number of hydrogen-bond donors (Lipinski definition) is 0. The Bertz CT molecular complexity index is 379. The van der Waals surface area contributed by atoms with Gasteiger partial charge in [0, 0.05) is 0 Å². The second-order valence-electron chi connectivity index (χ2n) is 3.27. The molecule has 0 N–H and O–H groups in total. The quantitative estimate of drug-likeness (QED) is 0.599. The van der Waals surface area contributed by atoms with Gasteiger partial charge >= 0.3 is 6.18 Å². The summed E-state index contributed by atoms with van der Waals surface area (Å²) < 4.78 is 64.9. The van der Waals surface area contributed by atoms with Gasteiger partial charge in [0.25, 0.3) is 0 Å². The monoisotopic (exact) mass is 274 g/mol. The first-order chi connectivity index (χ1) is 7.79. The van der Waals surface area contributed by atoms with Crippen LogP contribution in [0.5, 0.6) is 0 Å². The lowest BCUT2D eigenvalue weighted by Gasteiger charge is -2.12. The minimum absolute atomic E-state index is 0.160. The predicted molar refractivity (Wildman–Crippen MR) is 51.8 cm³/mol. The van der Waals surface area contributed by atoms with Gasteiger partial charge in [-0.2, -0.15) is 13.2 Å². The van der Waals surface area contributed by atoms with Crippen molar-refractivity contribution in [3.05, 3.63) is 35.4 Å². The van der Waals surface area contributed by atoms with E-state index in [1.54, 1.807) is 0 Å². The van der Waals surface area contributed by atoms with Crippen molar-refractivity contribution in [1.29, 1.82) is 0 Å². The number of rotatable bonds is 4. The second kappa shape index (κ2) is 5.64. The third-order valence-electron chi connectivity index (χ3n) is 1.84. The molecule has 0 fully saturated rings. The Hall–Kier alpha value is -0.880. The van der Waals surface area contributed by atoms with Gasteiger partial charge in [-0.3, -0.25) is 0 Å². The SMILES string of the molecule is Fc1ccc(C(Cl)COCC(F)(F)F)cc1F. The summed E-state index contributed by atoms with van der Waals surface area (Å²) in [5.74, 6) is -2.15. The Morgan fingerprint density at radius 2 is 1.82 bits per heavy atom. The van der Waals surface area contributed by atoms with E-state index in [1.807, 2.05) is 0 Å². The molecular weight excluding hydrogens is 267 g/mol. The van der Waals surface area contributed by atoms with Gasteiger partial charge in [-0.1, -0.05) is 6.07 Å². The van der Waals surface area contributed by atoms with Crippen LogP contribution in [0.2, 0.25) is 0 Å². The second-order valence-corrected chi connectivity index (χ2v) is 3.80. The van der Waals surface area contributed by atoms with Gasteiger partial charge < -0.3 is 4.74 Å². The van der Waals surface area contributed by atoms with Crippen molar-refractivity contribution in [2.24, 2.45) is 0 Å². The highest BCUT2D eigenvalue weighted by atomic mass is 35.5. The van der Waals surface area contributed by atoms with Gasteiger partial charge in [0.2, 0.25) is 0 Å². The van der Waals surface area contributed by atoms with Gasteiger partial charge in [0.15, 0.2) is 11.6 Å². The lowest BCUT2D eigenvalue weighted by molar-refractivity contribution is -0.173. The number of benzene rings is 1. The van der Waals surface area contributed by atoms with Crippen LogP contribution in [0.15, 0.2) is 18.2 Å². The molecule has 0 amide bonds. The minimum atomic E-state index is -4.44. The van der Waals surface area contributed by atoms with Crippen molar-refractivity contribution in [3.8, 4) is 0 Å². The van der Waals surface area contributed by atoms with E-state index in [9.17, 15) is 22.0 Å². The van der Waals surface area contributed by atoms with Crippen LogP contribution in [0, 0.1) is 11.6 Å². The molecule has 0 radical (unpaired) electrons. The molecule has 0 aliphatic carbocycles. The van der Waals surface area contributed by atoms with Crippen molar-refractivity contribution in [3.63, 3.8) is 0 Å². The molecule has 0 heterocycles. The summed E-state index contributed by atoms with van der Waals surface area (Å²) in [4.78, 5) is 0. The maximum absolute atomic E-state index is 12.8. The average Bonchev–Trinajstić information content (AvgIpc) is 2.20. The van der Waals surface area contributed by atoms with Crippen LogP contribution in [0.25, 0.3) is 0 Å². The van der Waals surface area contributed by atoms with E-state index < -0.39 is 36.4 Å². The van der Waals surface area contributed by atoms with Crippen molar-refractivity contribution >= 4 is 11.6 Å². The maximum Gasteiger partial charge on any atom is 0.411 e. The summed E-state index contributed by atoms with van der Waals surface area (Å²) in [6.45, 7) is -1.87. The molecule has 0 aliphatic rings. The molecule has 7 heteroatoms. The van der Waals surface area contributed by atoms with Gasteiger partial charge in [0.05, 0.1) is 12.0 Å². The van der Waals surface area contributed by atoms with Gasteiger partial charge in [0.1, 0.15) is 6.61 Å². The van der Waals surface area contributed by atoms with Crippen LogP contribution in [0.4, 0.5) is 22.0 Å². The fourth-order valence-electron chi connectivity index (χ4n) is 1.08. The van der Waals surface area contributed by atoms with Gasteiger partial charge in [-0.05, 0) is 17.7 Å². The van der Waals surface area contributed by atoms with E-state index in [4.69, 9.17) is 11.6 Å². The molecule has 1 aromatic rings. The van der Waals surface area contributed by atoms with E-state index >= 15 is 0 Å². The number of ether oxygens (including phenoxy) is 1. The first kappa shape index (κ1) is 14.2. The third kappa shape index (κ3) is 4.87. The van der Waals surface area contributed by atoms with Crippen molar-refractivity contribution in [2.45, 2.75) is 11.6 Å². The zero-order valence-corrected chi connectivity index (χ0v) is 9.16. The smallest absolute Gasteiger partial charge is 0.370 e. The molecule has 1 unspecified atom stereocenters. The Kier molecular flexibility index (Phi) is 4.70. The largest absolute Gasteiger partial charge is 0.411 e. The lowest BCUT2D eigenvalue weighted by atomic mass is 10.1. The van der Waals surface area contributed by atoms with E-state index in [0.29, 0.717) is 0 Å². The molecule has 1 rings (SSSR count). The molecular formula is C10H8ClF5O. The molecule has 96 valence electrons. The zero-order valence-electron chi connectivity index (χ0n) is 8.40. The maximum atomic E-state index is 12.8. The van der Waals surface area contributed by atoms with Crippen LogP contribution < -0.4 is 0 Å². The molecule has 0 saturated carbocycles. The molecule has 1 aromatic carbocycles. The van der Waals surface area contributed by atoms with Crippen LogP contribution in [-0.2, 0) is 4.74 Å². The van der Waals surface area contributed by atoms with Crippen LogP contribution in [-0.4, -0.2) is 19.4 Å². The van der Waals surface area contributed by atoms with Gasteiger partial charge in [-0.15, -0.1) is 11.6 Å². The summed E-state index contributed by atoms with van der Waals surface area (Å²) in [5, 5.41) is -0.965. The highest BCUT2D eigenvalue weighted by molar-refractivity contribution is 6.20. The minimum Gasteiger partial charge on any atom is -0.370 e. The first-order valence-electron chi connectivity index (χ1n) is 4.53. The number of hydrogen-bond acceptors (Lipinski definition) is 1. The van der Waals surface area contributed by atoms with E-state index in [2.05, 4.69) is 4.74 Å². The summed E-state index contributed by atoms with van der Waals surface area (Å²) >= 11 is 5.68. The highest BCUT2D eigenvalue weighted by Gasteiger charge is 2.28. The first-order valence-corrected chi connectivity index (χ1v) is 4.97. The Morgan fingerprint density at radius 3 is 2.35 bits per heavy atom. The molecule has 0 aliphatic heterocycles. The lowest BCUT2D eigenvalue weighted by Crippen LogP contribution is -2.18. The fraction of sp³-hybridized carbons (Fsp3) is 0.400. The summed E-state index contributed by atoms with van der Waals surface area (Å²) in [6, 6.07) is 2.86. The zero-order chi connectivity index (χ0) is 13.1. The topological polar surface area (TPSA) is 9.23 Å². The molecule has 0 saturated heterocycles. The van der Waals surface area contributed by atoms with Crippen molar-refractivity contribution < 1.29 is 26.7 Å².